The van der Waals surface area contributed by atoms with Crippen LogP contribution in [0.2, 0.25) is 0 Å². The normalized spacial score (nSPS) is 21.3. The summed E-state index contributed by atoms with van der Waals surface area (Å²) < 4.78 is 0. The van der Waals surface area contributed by atoms with Gasteiger partial charge in [0.25, 0.3) is 0 Å². The Hall–Kier alpha value is -2.08. The summed E-state index contributed by atoms with van der Waals surface area (Å²) in [6.07, 6.45) is 1.31. The van der Waals surface area contributed by atoms with E-state index in [2.05, 4.69) is 12.2 Å². The maximum Gasteiger partial charge on any atom is 0.326 e. The second-order valence-corrected chi connectivity index (χ2v) is 5.27. The van der Waals surface area contributed by atoms with Crippen LogP contribution >= 0.6 is 0 Å². The van der Waals surface area contributed by atoms with Gasteiger partial charge in [0.15, 0.2) is 0 Å². The predicted octanol–water partition coefficient (Wildman–Crippen LogP) is 1.69. The van der Waals surface area contributed by atoms with Crippen molar-refractivity contribution >= 4 is 17.7 Å². The lowest BCUT2D eigenvalue weighted by molar-refractivity contribution is -0.141. The standard InChI is InChI=1S/C15H20N2O4/c1-2-3-10-4-6-11(7-5-10)16-15(21)17-9-12(18)8-13(17)14(19)20/h4-7,12-13,18H,2-3,8-9H2,1H3,(H,16,21)(H,19,20)/t12-,13-/m0/s1. The number of carbonyl (C=O) groups excluding carboxylic acids is 1. The van der Waals surface area contributed by atoms with Crippen molar-refractivity contribution in [2.75, 3.05) is 11.9 Å². The molecule has 6 heteroatoms. The summed E-state index contributed by atoms with van der Waals surface area (Å²) in [5, 5.41) is 21.3. The van der Waals surface area contributed by atoms with E-state index in [1.807, 2.05) is 12.1 Å². The first kappa shape index (κ1) is 15.3. The molecule has 1 aromatic carbocycles. The third-order valence-electron chi connectivity index (χ3n) is 3.57. The molecule has 1 aliphatic rings. The van der Waals surface area contributed by atoms with Crippen molar-refractivity contribution in [3.8, 4) is 0 Å². The minimum absolute atomic E-state index is 0.0384. The van der Waals surface area contributed by atoms with Gasteiger partial charge in [-0.05, 0) is 24.1 Å². The Morgan fingerprint density at radius 3 is 2.57 bits per heavy atom. The van der Waals surface area contributed by atoms with Crippen LogP contribution in [0.4, 0.5) is 10.5 Å². The molecule has 1 heterocycles. The molecule has 0 spiro atoms. The summed E-state index contributed by atoms with van der Waals surface area (Å²) in [7, 11) is 0. The summed E-state index contributed by atoms with van der Waals surface area (Å²) in [6.45, 7) is 2.14. The second kappa shape index (κ2) is 6.58. The van der Waals surface area contributed by atoms with Crippen LogP contribution in [0.25, 0.3) is 0 Å². The van der Waals surface area contributed by atoms with E-state index in [0.717, 1.165) is 17.7 Å². The van der Waals surface area contributed by atoms with E-state index < -0.39 is 24.1 Å². The van der Waals surface area contributed by atoms with Gasteiger partial charge < -0.3 is 20.4 Å². The molecule has 6 nitrogen and oxygen atoms in total. The Morgan fingerprint density at radius 1 is 1.33 bits per heavy atom. The lowest BCUT2D eigenvalue weighted by atomic mass is 10.1. The summed E-state index contributed by atoms with van der Waals surface area (Å²) in [5.41, 5.74) is 1.81. The molecule has 1 aromatic rings. The molecule has 0 unspecified atom stereocenters. The van der Waals surface area contributed by atoms with E-state index in [1.54, 1.807) is 12.1 Å². The average Bonchev–Trinajstić information content (AvgIpc) is 2.84. The maximum atomic E-state index is 12.1. The molecule has 2 atom stereocenters. The highest BCUT2D eigenvalue weighted by molar-refractivity contribution is 5.92. The molecule has 1 fully saturated rings. The molecule has 3 N–H and O–H groups in total. The zero-order valence-electron chi connectivity index (χ0n) is 12.0. The van der Waals surface area contributed by atoms with Crippen LogP contribution in [-0.4, -0.2) is 45.8 Å². The number of hydrogen-bond donors (Lipinski definition) is 3. The highest BCUT2D eigenvalue weighted by atomic mass is 16.4. The summed E-state index contributed by atoms with van der Waals surface area (Å²) in [4.78, 5) is 24.4. The van der Waals surface area contributed by atoms with Crippen molar-refractivity contribution in [3.63, 3.8) is 0 Å². The van der Waals surface area contributed by atoms with E-state index >= 15 is 0 Å². The number of aliphatic carboxylic acids is 1. The van der Waals surface area contributed by atoms with Gasteiger partial charge in [-0.1, -0.05) is 25.5 Å². The highest BCUT2D eigenvalue weighted by Crippen LogP contribution is 2.20. The summed E-state index contributed by atoms with van der Waals surface area (Å²) >= 11 is 0. The Balaban J connectivity index is 2.01. The number of amides is 2. The average molecular weight is 292 g/mol. The predicted molar refractivity (Wildman–Crippen MR) is 78.2 cm³/mol. The van der Waals surface area contributed by atoms with Crippen LogP contribution < -0.4 is 5.32 Å². The van der Waals surface area contributed by atoms with Crippen LogP contribution in [0.5, 0.6) is 0 Å². The van der Waals surface area contributed by atoms with Crippen molar-refractivity contribution in [2.45, 2.75) is 38.3 Å². The zero-order chi connectivity index (χ0) is 15.4. The number of anilines is 1. The number of aliphatic hydroxyl groups excluding tert-OH is 1. The third kappa shape index (κ3) is 3.72. The van der Waals surface area contributed by atoms with Crippen LogP contribution in [0.15, 0.2) is 24.3 Å². The second-order valence-electron chi connectivity index (χ2n) is 5.27. The molecule has 1 saturated heterocycles. The van der Waals surface area contributed by atoms with E-state index in [9.17, 15) is 14.7 Å². The number of carbonyl (C=O) groups is 2. The van der Waals surface area contributed by atoms with Crippen molar-refractivity contribution in [1.82, 2.24) is 4.90 Å². The van der Waals surface area contributed by atoms with Gasteiger partial charge in [-0.3, -0.25) is 0 Å². The van der Waals surface area contributed by atoms with Gasteiger partial charge in [-0.15, -0.1) is 0 Å². The number of β-amino-alcohol motifs (C(OH)–C–C–N with tert-alkyl or cyclic N) is 1. The van der Waals surface area contributed by atoms with Gasteiger partial charge in [-0.25, -0.2) is 9.59 Å². The number of rotatable bonds is 4. The highest BCUT2D eigenvalue weighted by Gasteiger charge is 2.38. The molecule has 0 aromatic heterocycles. The molecule has 1 aliphatic heterocycles. The largest absolute Gasteiger partial charge is 0.480 e. The fourth-order valence-electron chi connectivity index (χ4n) is 2.51. The molecule has 0 radical (unpaired) electrons. The number of aliphatic hydroxyl groups is 1. The van der Waals surface area contributed by atoms with E-state index in [0.29, 0.717) is 5.69 Å². The molecular formula is C15H20N2O4. The Morgan fingerprint density at radius 2 is 2.00 bits per heavy atom. The van der Waals surface area contributed by atoms with Gasteiger partial charge in [0.2, 0.25) is 0 Å². The number of benzene rings is 1. The van der Waals surface area contributed by atoms with Gasteiger partial charge >= 0.3 is 12.0 Å². The molecule has 114 valence electrons. The number of nitrogens with one attached hydrogen (secondary N) is 1. The maximum absolute atomic E-state index is 12.1. The first-order valence-corrected chi connectivity index (χ1v) is 7.08. The number of likely N-dealkylation sites (tertiary alicyclic amines) is 1. The number of hydrogen-bond acceptors (Lipinski definition) is 3. The van der Waals surface area contributed by atoms with Crippen molar-refractivity contribution < 1.29 is 19.8 Å². The van der Waals surface area contributed by atoms with E-state index in [-0.39, 0.29) is 13.0 Å². The minimum atomic E-state index is -1.10. The lowest BCUT2D eigenvalue weighted by Crippen LogP contribution is -2.43. The molecule has 0 aliphatic carbocycles. The third-order valence-corrected chi connectivity index (χ3v) is 3.57. The van der Waals surface area contributed by atoms with Crippen LogP contribution in [0.1, 0.15) is 25.3 Å². The Kier molecular flexibility index (Phi) is 4.80. The number of carboxylic acids is 1. The number of carboxylic acid groups (broad SMARTS) is 1. The Labute approximate surface area is 123 Å². The molecule has 2 amide bonds. The molecule has 2 rings (SSSR count). The first-order chi connectivity index (χ1) is 10.0. The van der Waals surface area contributed by atoms with Crippen molar-refractivity contribution in [3.05, 3.63) is 29.8 Å². The number of urea groups is 1. The first-order valence-electron chi connectivity index (χ1n) is 7.08. The van der Waals surface area contributed by atoms with Crippen LogP contribution in [-0.2, 0) is 11.2 Å². The fourth-order valence-corrected chi connectivity index (χ4v) is 2.51. The summed E-state index contributed by atoms with van der Waals surface area (Å²) in [6, 6.07) is 6.00. The van der Waals surface area contributed by atoms with Gasteiger partial charge in [0.05, 0.1) is 6.10 Å². The smallest absolute Gasteiger partial charge is 0.326 e. The van der Waals surface area contributed by atoms with Gasteiger partial charge in [0.1, 0.15) is 6.04 Å². The van der Waals surface area contributed by atoms with Crippen LogP contribution in [0, 0.1) is 0 Å². The van der Waals surface area contributed by atoms with E-state index in [4.69, 9.17) is 5.11 Å². The van der Waals surface area contributed by atoms with Crippen molar-refractivity contribution in [1.29, 1.82) is 0 Å². The number of nitrogens with zero attached hydrogens (tertiary/aromatic N) is 1. The molecular weight excluding hydrogens is 272 g/mol. The molecule has 0 saturated carbocycles. The topological polar surface area (TPSA) is 89.9 Å². The zero-order valence-corrected chi connectivity index (χ0v) is 12.0. The van der Waals surface area contributed by atoms with E-state index in [1.165, 1.54) is 5.56 Å². The lowest BCUT2D eigenvalue weighted by Gasteiger charge is -2.21. The summed E-state index contributed by atoms with van der Waals surface area (Å²) in [5.74, 6) is -1.10. The molecule has 21 heavy (non-hydrogen) atoms. The monoisotopic (exact) mass is 292 g/mol. The van der Waals surface area contributed by atoms with Crippen LogP contribution in [0.3, 0.4) is 0 Å². The quantitative estimate of drug-likeness (QED) is 0.787. The number of aryl methyl sites for hydroxylation is 1. The van der Waals surface area contributed by atoms with Crippen molar-refractivity contribution in [2.24, 2.45) is 0 Å². The molecule has 0 bridgehead atoms. The van der Waals surface area contributed by atoms with Gasteiger partial charge in [-0.2, -0.15) is 0 Å². The Bertz CT molecular complexity index is 515. The van der Waals surface area contributed by atoms with Gasteiger partial charge in [0, 0.05) is 18.7 Å². The fraction of sp³-hybridized carbons (Fsp3) is 0.467. The minimum Gasteiger partial charge on any atom is -0.480 e. The SMILES string of the molecule is CCCc1ccc(NC(=O)N2C[C@@H](O)C[C@H]2C(=O)O)cc1.